The molecule has 42 heavy (non-hydrogen) atoms. The molecule has 0 unspecified atom stereocenters. The summed E-state index contributed by atoms with van der Waals surface area (Å²) in [5.41, 5.74) is 2.61. The number of aromatic nitrogens is 2. The number of nitrogens with zero attached hydrogens (tertiary/aromatic N) is 3. The smallest absolute Gasteiger partial charge is 0.421 e. The zero-order valence-electron chi connectivity index (χ0n) is 22.6. The molecule has 222 valence electrons. The number of hydrogen-bond acceptors (Lipinski definition) is 8. The Kier molecular flexibility index (Phi) is 7.99. The van der Waals surface area contributed by atoms with Gasteiger partial charge < -0.3 is 35.4 Å². The van der Waals surface area contributed by atoms with E-state index in [4.69, 9.17) is 4.74 Å². The number of alkyl halides is 3. The Labute approximate surface area is 239 Å². The molecule has 5 rings (SSSR count). The number of rotatable bonds is 8. The van der Waals surface area contributed by atoms with Crippen LogP contribution in [0.2, 0.25) is 0 Å². The van der Waals surface area contributed by atoms with Gasteiger partial charge in [0, 0.05) is 26.3 Å². The fourth-order valence-electron chi connectivity index (χ4n) is 5.00. The first-order valence-corrected chi connectivity index (χ1v) is 14.6. The lowest BCUT2D eigenvalue weighted by molar-refractivity contribution is -0.137. The van der Waals surface area contributed by atoms with E-state index in [0.29, 0.717) is 24.8 Å². The molecule has 5 N–H and O–H groups in total. The van der Waals surface area contributed by atoms with Gasteiger partial charge in [0.2, 0.25) is 5.95 Å². The summed E-state index contributed by atoms with van der Waals surface area (Å²) in [6.07, 6.45) is -1.87. The summed E-state index contributed by atoms with van der Waals surface area (Å²) in [6.45, 7) is 1.80. The first-order valence-electron chi connectivity index (χ1n) is 12.9. The van der Waals surface area contributed by atoms with Gasteiger partial charge in [-0.1, -0.05) is 18.2 Å². The van der Waals surface area contributed by atoms with Crippen molar-refractivity contribution in [3.63, 3.8) is 0 Å². The maximum atomic E-state index is 14.0. The van der Waals surface area contributed by atoms with Crippen LogP contribution in [0.25, 0.3) is 5.57 Å². The molecular formula is C27H28F3N6O5P. The summed E-state index contributed by atoms with van der Waals surface area (Å²) in [6, 6.07) is 7.69. The van der Waals surface area contributed by atoms with Crippen LogP contribution >= 0.6 is 7.60 Å². The minimum atomic E-state index is -4.80. The molecule has 2 aromatic carbocycles. The van der Waals surface area contributed by atoms with Gasteiger partial charge in [-0.05, 0) is 53.4 Å². The lowest BCUT2D eigenvalue weighted by atomic mass is 9.92. The molecule has 11 nitrogen and oxygen atoms in total. The van der Waals surface area contributed by atoms with E-state index in [0.717, 1.165) is 29.7 Å². The number of methoxy groups -OCH3 is 1. The van der Waals surface area contributed by atoms with Gasteiger partial charge in [-0.3, -0.25) is 9.36 Å². The molecule has 0 aliphatic carbocycles. The molecule has 1 aromatic heterocycles. The second-order valence-electron chi connectivity index (χ2n) is 9.92. The van der Waals surface area contributed by atoms with Crippen molar-refractivity contribution in [2.45, 2.75) is 25.3 Å². The Morgan fingerprint density at radius 3 is 2.60 bits per heavy atom. The van der Waals surface area contributed by atoms with Gasteiger partial charge in [0.15, 0.2) is 0 Å². The molecule has 0 spiro atoms. The number of fused-ring (bicyclic) bond motifs is 1. The number of anilines is 4. The normalized spacial score (nSPS) is 15.4. The van der Waals surface area contributed by atoms with Crippen molar-refractivity contribution >= 4 is 42.2 Å². The Morgan fingerprint density at radius 2 is 1.93 bits per heavy atom. The third-order valence-corrected chi connectivity index (χ3v) is 7.70. The van der Waals surface area contributed by atoms with Crippen LogP contribution in [0.1, 0.15) is 39.0 Å². The highest BCUT2D eigenvalue weighted by Gasteiger charge is 2.37. The lowest BCUT2D eigenvalue weighted by Crippen LogP contribution is -2.20. The Morgan fingerprint density at radius 1 is 1.17 bits per heavy atom. The number of halogens is 3. The van der Waals surface area contributed by atoms with Crippen molar-refractivity contribution in [1.29, 1.82) is 0 Å². The van der Waals surface area contributed by atoms with Crippen molar-refractivity contribution in [2.24, 2.45) is 0 Å². The highest BCUT2D eigenvalue weighted by molar-refractivity contribution is 7.50. The van der Waals surface area contributed by atoms with Crippen LogP contribution < -0.4 is 20.7 Å². The molecule has 1 amide bonds. The largest absolute Gasteiger partial charge is 0.495 e. The molecule has 0 atom stereocenters. The maximum Gasteiger partial charge on any atom is 0.421 e. The Hall–Kier alpha value is -3.97. The van der Waals surface area contributed by atoms with Crippen LogP contribution in [0.15, 0.2) is 42.6 Å². The van der Waals surface area contributed by atoms with Crippen LogP contribution in [-0.4, -0.2) is 57.8 Å². The predicted molar refractivity (Wildman–Crippen MR) is 150 cm³/mol. The SMILES string of the molecule is COc1cc(CP(=O)(O)O)ccc1Nc1ncc(C(F)(F)F)c(Nc2ccc(C3=CCNCC3)c3c2C(=O)N(C)C3)n1. The topological polar surface area (TPSA) is 149 Å². The highest BCUT2D eigenvalue weighted by Crippen LogP contribution is 2.42. The van der Waals surface area contributed by atoms with Gasteiger partial charge >= 0.3 is 13.8 Å². The third-order valence-electron chi connectivity index (χ3n) is 6.93. The molecule has 2 aliphatic rings. The van der Waals surface area contributed by atoms with E-state index in [1.807, 2.05) is 12.1 Å². The molecule has 0 fully saturated rings. The van der Waals surface area contributed by atoms with Crippen LogP contribution in [0.4, 0.5) is 36.3 Å². The quantitative estimate of drug-likeness (QED) is 0.231. The Bertz CT molecular complexity index is 1620. The predicted octanol–water partition coefficient (Wildman–Crippen LogP) is 4.63. The summed E-state index contributed by atoms with van der Waals surface area (Å²) >= 11 is 0. The van der Waals surface area contributed by atoms with Crippen molar-refractivity contribution in [1.82, 2.24) is 20.2 Å². The number of benzene rings is 2. The number of carbonyl (C=O) groups is 1. The van der Waals surface area contributed by atoms with E-state index in [2.05, 4.69) is 25.9 Å². The third kappa shape index (κ3) is 6.26. The summed E-state index contributed by atoms with van der Waals surface area (Å²) in [5.74, 6) is -0.906. The number of hydrogen-bond donors (Lipinski definition) is 5. The fraction of sp³-hybridized carbons (Fsp3) is 0.296. The molecule has 0 bridgehead atoms. The first kappa shape index (κ1) is 29.5. The van der Waals surface area contributed by atoms with E-state index >= 15 is 0 Å². The fourth-order valence-corrected chi connectivity index (χ4v) is 5.67. The van der Waals surface area contributed by atoms with E-state index in [1.165, 1.54) is 30.2 Å². The van der Waals surface area contributed by atoms with Gasteiger partial charge in [-0.2, -0.15) is 18.2 Å². The van der Waals surface area contributed by atoms with Crippen molar-refractivity contribution in [3.8, 4) is 5.75 Å². The summed E-state index contributed by atoms with van der Waals surface area (Å²) < 4.78 is 58.7. The second-order valence-corrected chi connectivity index (χ2v) is 11.6. The number of nitrogens with one attached hydrogen (secondary N) is 3. The average Bonchev–Trinajstić information content (AvgIpc) is 3.23. The Balaban J connectivity index is 1.52. The molecular weight excluding hydrogens is 576 g/mol. The van der Waals surface area contributed by atoms with Crippen LogP contribution in [0.5, 0.6) is 5.75 Å². The summed E-state index contributed by atoms with van der Waals surface area (Å²) in [4.78, 5) is 41.1. The van der Waals surface area contributed by atoms with Gasteiger partial charge in [0.05, 0.1) is 30.2 Å². The van der Waals surface area contributed by atoms with Crippen LogP contribution in [0.3, 0.4) is 0 Å². The van der Waals surface area contributed by atoms with Gasteiger partial charge in [0.25, 0.3) is 5.91 Å². The summed E-state index contributed by atoms with van der Waals surface area (Å²) in [7, 11) is -1.36. The van der Waals surface area contributed by atoms with Gasteiger partial charge in [-0.15, -0.1) is 0 Å². The number of amides is 1. The molecule has 0 saturated carbocycles. The minimum Gasteiger partial charge on any atom is -0.495 e. The first-order chi connectivity index (χ1) is 19.8. The maximum absolute atomic E-state index is 14.0. The second kappa shape index (κ2) is 11.4. The lowest BCUT2D eigenvalue weighted by Gasteiger charge is -2.19. The molecule has 2 aliphatic heterocycles. The minimum absolute atomic E-state index is 0.174. The highest BCUT2D eigenvalue weighted by atomic mass is 31.2. The average molecular weight is 605 g/mol. The van der Waals surface area contributed by atoms with Crippen molar-refractivity contribution in [2.75, 3.05) is 37.9 Å². The van der Waals surface area contributed by atoms with Crippen LogP contribution in [-0.2, 0) is 23.4 Å². The molecule has 0 saturated heterocycles. The van der Waals surface area contributed by atoms with Crippen molar-refractivity contribution in [3.05, 3.63) is 70.4 Å². The van der Waals surface area contributed by atoms with E-state index in [1.54, 1.807) is 13.1 Å². The van der Waals surface area contributed by atoms with E-state index in [9.17, 15) is 32.3 Å². The van der Waals surface area contributed by atoms with Gasteiger partial charge in [-0.25, -0.2) is 4.98 Å². The van der Waals surface area contributed by atoms with Gasteiger partial charge in [0.1, 0.15) is 17.1 Å². The van der Waals surface area contributed by atoms with E-state index in [-0.39, 0.29) is 34.5 Å². The zero-order chi connectivity index (χ0) is 30.2. The number of carbonyl (C=O) groups excluding carboxylic acids is 1. The molecule has 3 aromatic rings. The number of ether oxygens (including phenoxy) is 1. The molecule has 3 heterocycles. The zero-order valence-corrected chi connectivity index (χ0v) is 23.5. The van der Waals surface area contributed by atoms with E-state index < -0.39 is 31.3 Å². The summed E-state index contributed by atoms with van der Waals surface area (Å²) in [5, 5.41) is 8.79. The monoisotopic (exact) mass is 604 g/mol. The van der Waals surface area contributed by atoms with Crippen LogP contribution in [0, 0.1) is 0 Å². The molecule has 0 radical (unpaired) electrons. The standard InChI is InChI=1S/C27H28F3N6O5P/c1-36-13-18-17(16-7-9-31-10-8-16)4-6-21(23(18)25(36)37)33-24-19(27(28,29)30)12-32-26(35-24)34-20-5-3-15(11-22(20)41-2)14-42(38,39)40/h3-7,11-12,31H,8-10,13-14H2,1-2H3,(H2,38,39,40)(H2,32,33,34,35). The molecule has 15 heteroatoms. The van der Waals surface area contributed by atoms with Crippen molar-refractivity contribution < 1.29 is 37.1 Å².